The van der Waals surface area contributed by atoms with Gasteiger partial charge in [0.2, 0.25) is 0 Å². The Balaban J connectivity index is 2.12. The summed E-state index contributed by atoms with van der Waals surface area (Å²) >= 11 is 6.04. The van der Waals surface area contributed by atoms with Gasteiger partial charge in [-0.3, -0.25) is 9.80 Å². The first-order valence-corrected chi connectivity index (χ1v) is 7.75. The summed E-state index contributed by atoms with van der Waals surface area (Å²) in [7, 11) is 0. The summed E-state index contributed by atoms with van der Waals surface area (Å²) in [4.78, 5) is 11.8. The molecule has 0 spiro atoms. The molecule has 0 aliphatic carbocycles. The minimum absolute atomic E-state index is 0.367. The second-order valence-corrected chi connectivity index (χ2v) is 6.12. The normalized spacial score (nSPS) is 20.5. The number of aryl methyl sites for hydroxylation is 1. The van der Waals surface area contributed by atoms with E-state index in [9.17, 15) is 9.90 Å². The average molecular weight is 329 g/mol. The quantitative estimate of drug-likeness (QED) is 0.914. The molecule has 0 fully saturated rings. The van der Waals surface area contributed by atoms with E-state index in [1.54, 1.807) is 18.0 Å². The Morgan fingerprint density at radius 3 is 2.48 bits per heavy atom. The van der Waals surface area contributed by atoms with Gasteiger partial charge < -0.3 is 5.11 Å². The Morgan fingerprint density at radius 2 is 1.87 bits per heavy atom. The van der Waals surface area contributed by atoms with Crippen molar-refractivity contribution in [2.75, 3.05) is 5.01 Å². The number of carboxylic acid groups (broad SMARTS) is 1. The highest BCUT2D eigenvalue weighted by Crippen LogP contribution is 2.40. The first-order chi connectivity index (χ1) is 11.0. The molecule has 2 atom stereocenters. The molecular weight excluding hydrogens is 312 g/mol. The molecule has 4 nitrogen and oxygen atoms in total. The number of halogens is 1. The van der Waals surface area contributed by atoms with E-state index in [-0.39, 0.29) is 6.04 Å². The molecular formula is C18H17ClN2O2. The molecule has 0 radical (unpaired) electrons. The Morgan fingerprint density at radius 1 is 1.17 bits per heavy atom. The second kappa shape index (κ2) is 6.05. The summed E-state index contributed by atoms with van der Waals surface area (Å²) < 4.78 is 0. The molecule has 1 heterocycles. The van der Waals surface area contributed by atoms with Crippen LogP contribution in [0.4, 0.5) is 5.69 Å². The Kier molecular flexibility index (Phi) is 4.09. The van der Waals surface area contributed by atoms with Gasteiger partial charge in [-0.25, -0.2) is 0 Å². The SMILES string of the molecule is CC1=NN(c2ccc(Cl)cc2C)C(c2ccccc2)C1C(=O)O. The third-order valence-electron chi connectivity index (χ3n) is 4.11. The Labute approximate surface area is 140 Å². The lowest BCUT2D eigenvalue weighted by Gasteiger charge is -2.28. The van der Waals surface area contributed by atoms with Crippen LogP contribution in [0.3, 0.4) is 0 Å². The largest absolute Gasteiger partial charge is 0.481 e. The molecule has 0 aromatic heterocycles. The van der Waals surface area contributed by atoms with Gasteiger partial charge in [0, 0.05) is 5.02 Å². The van der Waals surface area contributed by atoms with Crippen molar-refractivity contribution in [1.82, 2.24) is 0 Å². The van der Waals surface area contributed by atoms with Crippen LogP contribution in [0.25, 0.3) is 0 Å². The predicted molar refractivity (Wildman–Crippen MR) is 92.1 cm³/mol. The van der Waals surface area contributed by atoms with Gasteiger partial charge in [0.05, 0.1) is 17.4 Å². The number of hydrogen-bond acceptors (Lipinski definition) is 3. The molecule has 0 amide bonds. The molecule has 0 saturated carbocycles. The van der Waals surface area contributed by atoms with Crippen LogP contribution in [0.15, 0.2) is 53.6 Å². The van der Waals surface area contributed by atoms with Gasteiger partial charge in [-0.05, 0) is 43.2 Å². The van der Waals surface area contributed by atoms with Crippen LogP contribution in [0.1, 0.15) is 24.1 Å². The van der Waals surface area contributed by atoms with Crippen molar-refractivity contribution in [1.29, 1.82) is 0 Å². The Bertz CT molecular complexity index is 774. The summed E-state index contributed by atoms with van der Waals surface area (Å²) in [5, 5.41) is 16.7. The van der Waals surface area contributed by atoms with Crippen LogP contribution in [0.5, 0.6) is 0 Å². The molecule has 3 rings (SSSR count). The topological polar surface area (TPSA) is 52.9 Å². The third kappa shape index (κ3) is 2.82. The molecule has 1 aliphatic heterocycles. The van der Waals surface area contributed by atoms with Crippen LogP contribution in [-0.2, 0) is 4.79 Å². The molecule has 118 valence electrons. The first kappa shape index (κ1) is 15.6. The molecule has 0 saturated heterocycles. The van der Waals surface area contributed by atoms with Gasteiger partial charge in [-0.15, -0.1) is 0 Å². The number of aliphatic carboxylic acids is 1. The van der Waals surface area contributed by atoms with E-state index in [4.69, 9.17) is 11.6 Å². The maximum Gasteiger partial charge on any atom is 0.314 e. The maximum absolute atomic E-state index is 11.8. The fourth-order valence-corrected chi connectivity index (χ4v) is 3.27. The summed E-state index contributed by atoms with van der Waals surface area (Å²) in [6, 6.07) is 14.8. The highest BCUT2D eigenvalue weighted by molar-refractivity contribution is 6.30. The van der Waals surface area contributed by atoms with E-state index in [2.05, 4.69) is 5.10 Å². The fourth-order valence-electron chi connectivity index (χ4n) is 3.04. The number of anilines is 1. The predicted octanol–water partition coefficient (Wildman–Crippen LogP) is 4.29. The smallest absolute Gasteiger partial charge is 0.314 e. The van der Waals surface area contributed by atoms with E-state index in [1.165, 1.54) is 0 Å². The lowest BCUT2D eigenvalue weighted by atomic mass is 9.90. The van der Waals surface area contributed by atoms with Crippen LogP contribution in [0.2, 0.25) is 5.02 Å². The maximum atomic E-state index is 11.8. The van der Waals surface area contributed by atoms with Crippen molar-refractivity contribution >= 4 is 29.0 Å². The highest BCUT2D eigenvalue weighted by atomic mass is 35.5. The number of carboxylic acids is 1. The van der Waals surface area contributed by atoms with Crippen molar-refractivity contribution in [2.24, 2.45) is 11.0 Å². The lowest BCUT2D eigenvalue weighted by Crippen LogP contribution is -2.30. The first-order valence-electron chi connectivity index (χ1n) is 7.37. The zero-order valence-corrected chi connectivity index (χ0v) is 13.7. The van der Waals surface area contributed by atoms with E-state index in [0.717, 1.165) is 16.8 Å². The van der Waals surface area contributed by atoms with Crippen LogP contribution < -0.4 is 5.01 Å². The average Bonchev–Trinajstić information content (AvgIpc) is 2.85. The number of hydrogen-bond donors (Lipinski definition) is 1. The number of rotatable bonds is 3. The number of nitrogens with zero attached hydrogens (tertiary/aromatic N) is 2. The van der Waals surface area contributed by atoms with Crippen molar-refractivity contribution in [3.8, 4) is 0 Å². The van der Waals surface area contributed by atoms with Gasteiger partial charge in [0.1, 0.15) is 5.92 Å². The Hall–Kier alpha value is -2.33. The highest BCUT2D eigenvalue weighted by Gasteiger charge is 2.42. The molecule has 1 aliphatic rings. The molecule has 5 heteroatoms. The molecule has 2 aromatic rings. The molecule has 2 unspecified atom stereocenters. The summed E-state index contributed by atoms with van der Waals surface area (Å²) in [6.45, 7) is 3.71. The molecule has 23 heavy (non-hydrogen) atoms. The zero-order valence-electron chi connectivity index (χ0n) is 12.9. The number of hydrazone groups is 1. The van der Waals surface area contributed by atoms with Crippen LogP contribution in [-0.4, -0.2) is 16.8 Å². The molecule has 2 aromatic carbocycles. The van der Waals surface area contributed by atoms with Crippen molar-refractivity contribution in [2.45, 2.75) is 19.9 Å². The molecule has 0 bridgehead atoms. The van der Waals surface area contributed by atoms with Gasteiger partial charge in [-0.1, -0.05) is 41.9 Å². The van der Waals surface area contributed by atoms with E-state index in [0.29, 0.717) is 10.7 Å². The van der Waals surface area contributed by atoms with E-state index in [1.807, 2.05) is 49.4 Å². The van der Waals surface area contributed by atoms with Gasteiger partial charge >= 0.3 is 5.97 Å². The summed E-state index contributed by atoms with van der Waals surface area (Å²) in [6.07, 6.45) is 0. The monoisotopic (exact) mass is 328 g/mol. The number of carbonyl (C=O) groups is 1. The van der Waals surface area contributed by atoms with Crippen molar-refractivity contribution in [3.63, 3.8) is 0 Å². The van der Waals surface area contributed by atoms with Gasteiger partial charge in [-0.2, -0.15) is 5.10 Å². The molecule has 1 N–H and O–H groups in total. The zero-order chi connectivity index (χ0) is 16.6. The van der Waals surface area contributed by atoms with Gasteiger partial charge in [0.25, 0.3) is 0 Å². The lowest BCUT2D eigenvalue weighted by molar-refractivity contribution is -0.139. The minimum Gasteiger partial charge on any atom is -0.481 e. The van der Waals surface area contributed by atoms with Crippen molar-refractivity contribution in [3.05, 3.63) is 64.7 Å². The second-order valence-electron chi connectivity index (χ2n) is 5.69. The van der Waals surface area contributed by atoms with E-state index < -0.39 is 11.9 Å². The fraction of sp³-hybridized carbons (Fsp3) is 0.222. The van der Waals surface area contributed by atoms with Crippen LogP contribution >= 0.6 is 11.6 Å². The number of benzene rings is 2. The van der Waals surface area contributed by atoms with Crippen LogP contribution in [0, 0.1) is 12.8 Å². The standard InChI is InChI=1S/C18H17ClN2O2/c1-11-10-14(19)8-9-15(11)21-17(13-6-4-3-5-7-13)16(18(22)23)12(2)20-21/h3-10,16-17H,1-2H3,(H,22,23). The third-order valence-corrected chi connectivity index (χ3v) is 4.34. The minimum atomic E-state index is -0.866. The summed E-state index contributed by atoms with van der Waals surface area (Å²) in [5.74, 6) is -1.54. The van der Waals surface area contributed by atoms with Crippen molar-refractivity contribution < 1.29 is 9.90 Å². The van der Waals surface area contributed by atoms with Gasteiger partial charge in [0.15, 0.2) is 0 Å². The van der Waals surface area contributed by atoms with E-state index >= 15 is 0 Å². The summed E-state index contributed by atoms with van der Waals surface area (Å²) in [5.41, 5.74) is 3.35.